The summed E-state index contributed by atoms with van der Waals surface area (Å²) in [4.78, 5) is 10.3. The van der Waals surface area contributed by atoms with E-state index in [-0.39, 0.29) is 11.2 Å². The van der Waals surface area contributed by atoms with E-state index >= 15 is 0 Å². The minimum Gasteiger partial charge on any atom is -0.481 e. The molecule has 0 radical (unpaired) electrons. The van der Waals surface area contributed by atoms with Crippen LogP contribution in [0.3, 0.4) is 0 Å². The summed E-state index contributed by atoms with van der Waals surface area (Å²) in [5.41, 5.74) is 0. The zero-order chi connectivity index (χ0) is 8.65. The summed E-state index contributed by atoms with van der Waals surface area (Å²) in [7, 11) is -2.50. The first-order chi connectivity index (χ1) is 4.91. The van der Waals surface area contributed by atoms with Crippen LogP contribution in [0.1, 0.15) is 12.8 Å². The number of carboxylic acids is 1. The summed E-state index contributed by atoms with van der Waals surface area (Å²) < 4.78 is 18.2. The second-order valence-corrected chi connectivity index (χ2v) is 5.51. The summed E-state index contributed by atoms with van der Waals surface area (Å²) in [5.74, 6) is -1.18. The first kappa shape index (κ1) is 8.52. The highest BCUT2D eigenvalue weighted by atomic mass is 32.2. The van der Waals surface area contributed by atoms with Crippen LogP contribution in [0.15, 0.2) is 0 Å². The molecular formula is C6H11NO3S. The van der Waals surface area contributed by atoms with Gasteiger partial charge in [-0.3, -0.25) is 9.57 Å². The predicted octanol–water partition coefficient (Wildman–Crippen LogP) is 0.526. The standard InChI is InChI=1S/C6H11NO3S/c1-11(7,10)5-2-4(3-5)6(8)9/h4-5,7H,2-3H2,1H3,(H,8,9). The number of hydrogen-bond donors (Lipinski definition) is 2. The van der Waals surface area contributed by atoms with Crippen molar-refractivity contribution in [1.29, 1.82) is 4.78 Å². The number of carboxylic acid groups (broad SMARTS) is 1. The van der Waals surface area contributed by atoms with Crippen LogP contribution in [-0.2, 0) is 14.5 Å². The Morgan fingerprint density at radius 1 is 1.64 bits per heavy atom. The Morgan fingerprint density at radius 3 is 2.36 bits per heavy atom. The fraction of sp³-hybridized carbons (Fsp3) is 0.833. The molecule has 1 atom stereocenters. The maximum absolute atomic E-state index is 11.0. The molecule has 5 heteroatoms. The lowest BCUT2D eigenvalue weighted by Gasteiger charge is -2.31. The van der Waals surface area contributed by atoms with Gasteiger partial charge in [0.05, 0.1) is 5.92 Å². The first-order valence-electron chi connectivity index (χ1n) is 3.36. The zero-order valence-electron chi connectivity index (χ0n) is 6.24. The molecule has 0 bridgehead atoms. The molecule has 1 aliphatic carbocycles. The first-order valence-corrected chi connectivity index (χ1v) is 5.39. The smallest absolute Gasteiger partial charge is 0.306 e. The molecule has 1 aliphatic rings. The molecule has 0 saturated heterocycles. The molecule has 1 unspecified atom stereocenters. The van der Waals surface area contributed by atoms with Crippen molar-refractivity contribution in [2.45, 2.75) is 18.1 Å². The van der Waals surface area contributed by atoms with E-state index in [0.29, 0.717) is 12.8 Å². The quantitative estimate of drug-likeness (QED) is 0.645. The van der Waals surface area contributed by atoms with Gasteiger partial charge in [-0.05, 0) is 12.8 Å². The summed E-state index contributed by atoms with van der Waals surface area (Å²) in [6, 6.07) is 0. The summed E-state index contributed by atoms with van der Waals surface area (Å²) in [6.07, 6.45) is 2.19. The Morgan fingerprint density at radius 2 is 2.09 bits per heavy atom. The number of hydrogen-bond acceptors (Lipinski definition) is 3. The summed E-state index contributed by atoms with van der Waals surface area (Å²) in [5, 5.41) is 8.27. The lowest BCUT2D eigenvalue weighted by molar-refractivity contribution is -0.144. The fourth-order valence-electron chi connectivity index (χ4n) is 1.13. The molecule has 0 aliphatic heterocycles. The van der Waals surface area contributed by atoms with Gasteiger partial charge in [0.1, 0.15) is 0 Å². The van der Waals surface area contributed by atoms with E-state index in [2.05, 4.69) is 0 Å². The monoisotopic (exact) mass is 177 g/mol. The topological polar surface area (TPSA) is 78.2 Å². The molecule has 11 heavy (non-hydrogen) atoms. The molecule has 0 aromatic rings. The van der Waals surface area contributed by atoms with Gasteiger partial charge in [-0.25, -0.2) is 4.21 Å². The van der Waals surface area contributed by atoms with E-state index in [9.17, 15) is 9.00 Å². The zero-order valence-corrected chi connectivity index (χ0v) is 7.06. The summed E-state index contributed by atoms with van der Waals surface area (Å²) in [6.45, 7) is 0. The molecule has 0 aromatic carbocycles. The van der Waals surface area contributed by atoms with Gasteiger partial charge in [-0.1, -0.05) is 0 Å². The highest BCUT2D eigenvalue weighted by Gasteiger charge is 2.38. The van der Waals surface area contributed by atoms with Crippen LogP contribution in [0.25, 0.3) is 0 Å². The maximum atomic E-state index is 11.0. The van der Waals surface area contributed by atoms with Gasteiger partial charge in [0, 0.05) is 21.2 Å². The molecule has 1 fully saturated rings. The largest absolute Gasteiger partial charge is 0.481 e. The lowest BCUT2D eigenvalue weighted by atomic mass is 9.85. The normalized spacial score (nSPS) is 35.4. The molecule has 0 aromatic heterocycles. The Hall–Kier alpha value is -0.580. The molecule has 1 rings (SSSR count). The van der Waals surface area contributed by atoms with Gasteiger partial charge in [-0.15, -0.1) is 0 Å². The maximum Gasteiger partial charge on any atom is 0.306 e. The average Bonchev–Trinajstić information content (AvgIpc) is 1.51. The van der Waals surface area contributed by atoms with Crippen molar-refractivity contribution in [3.63, 3.8) is 0 Å². The second kappa shape index (κ2) is 2.48. The van der Waals surface area contributed by atoms with E-state index in [0.717, 1.165) is 0 Å². The summed E-state index contributed by atoms with van der Waals surface area (Å²) >= 11 is 0. The van der Waals surface area contributed by atoms with Crippen LogP contribution in [0.5, 0.6) is 0 Å². The molecule has 0 spiro atoms. The molecule has 0 amide bonds. The SMILES string of the molecule is CS(=N)(=O)C1CC(C(=O)O)C1. The van der Waals surface area contributed by atoms with Gasteiger partial charge < -0.3 is 5.11 Å². The minimum absolute atomic E-state index is 0.191. The molecular weight excluding hydrogens is 166 g/mol. The van der Waals surface area contributed by atoms with Crippen molar-refractivity contribution in [2.75, 3.05) is 6.26 Å². The third kappa shape index (κ3) is 1.71. The number of rotatable bonds is 2. The highest BCUT2D eigenvalue weighted by Crippen LogP contribution is 2.32. The van der Waals surface area contributed by atoms with Crippen molar-refractivity contribution < 1.29 is 14.1 Å². The van der Waals surface area contributed by atoms with Crippen LogP contribution < -0.4 is 0 Å². The molecule has 0 heterocycles. The van der Waals surface area contributed by atoms with Crippen molar-refractivity contribution in [1.82, 2.24) is 0 Å². The molecule has 64 valence electrons. The average molecular weight is 177 g/mol. The van der Waals surface area contributed by atoms with Crippen LogP contribution >= 0.6 is 0 Å². The minimum atomic E-state index is -2.50. The number of carbonyl (C=O) groups is 1. The van der Waals surface area contributed by atoms with Gasteiger partial charge >= 0.3 is 5.97 Å². The van der Waals surface area contributed by atoms with Gasteiger partial charge in [0.2, 0.25) is 0 Å². The van der Waals surface area contributed by atoms with E-state index in [4.69, 9.17) is 9.89 Å². The van der Waals surface area contributed by atoms with E-state index in [1.54, 1.807) is 0 Å². The van der Waals surface area contributed by atoms with Crippen molar-refractivity contribution >= 4 is 15.7 Å². The number of aliphatic carboxylic acids is 1. The third-order valence-electron chi connectivity index (χ3n) is 2.08. The van der Waals surface area contributed by atoms with Crippen LogP contribution in [0.2, 0.25) is 0 Å². The van der Waals surface area contributed by atoms with Crippen LogP contribution in [-0.4, -0.2) is 26.8 Å². The van der Waals surface area contributed by atoms with Crippen LogP contribution in [0, 0.1) is 10.7 Å². The third-order valence-corrected chi connectivity index (χ3v) is 3.74. The molecule has 1 saturated carbocycles. The van der Waals surface area contributed by atoms with Gasteiger partial charge in [-0.2, -0.15) is 0 Å². The lowest BCUT2D eigenvalue weighted by Crippen LogP contribution is -2.38. The van der Waals surface area contributed by atoms with Crippen LogP contribution in [0.4, 0.5) is 0 Å². The van der Waals surface area contributed by atoms with E-state index < -0.39 is 15.7 Å². The molecule has 4 nitrogen and oxygen atoms in total. The van der Waals surface area contributed by atoms with Gasteiger partial charge in [0.25, 0.3) is 0 Å². The predicted molar refractivity (Wildman–Crippen MR) is 40.9 cm³/mol. The number of nitrogens with one attached hydrogen (secondary N) is 1. The van der Waals surface area contributed by atoms with E-state index in [1.165, 1.54) is 6.26 Å². The molecule has 2 N–H and O–H groups in total. The van der Waals surface area contributed by atoms with Crippen molar-refractivity contribution in [2.24, 2.45) is 5.92 Å². The van der Waals surface area contributed by atoms with Gasteiger partial charge in [0.15, 0.2) is 0 Å². The Bertz CT molecular complexity index is 264. The Balaban J connectivity index is 2.48. The van der Waals surface area contributed by atoms with E-state index in [1.807, 2.05) is 0 Å². The second-order valence-electron chi connectivity index (χ2n) is 3.03. The highest BCUT2D eigenvalue weighted by molar-refractivity contribution is 7.92. The fourth-order valence-corrected chi connectivity index (χ4v) is 2.33. The Kier molecular flexibility index (Phi) is 1.92. The van der Waals surface area contributed by atoms with Crippen molar-refractivity contribution in [3.8, 4) is 0 Å². The Labute approximate surface area is 65.6 Å². The van der Waals surface area contributed by atoms with Crippen molar-refractivity contribution in [3.05, 3.63) is 0 Å².